The fraction of sp³-hybridized carbons (Fsp3) is 1.00. The molecule has 2 heteroatoms. The van der Waals surface area contributed by atoms with Crippen molar-refractivity contribution in [1.29, 1.82) is 0 Å². The van der Waals surface area contributed by atoms with Gasteiger partial charge in [-0.25, -0.2) is 0 Å². The van der Waals surface area contributed by atoms with Crippen LogP contribution in [0.25, 0.3) is 0 Å². The van der Waals surface area contributed by atoms with Crippen LogP contribution in [0.2, 0.25) is 0 Å². The molecular weight excluding hydrogens is 148 g/mol. The van der Waals surface area contributed by atoms with Crippen molar-refractivity contribution in [2.24, 2.45) is 5.73 Å². The predicted molar refractivity (Wildman–Crippen MR) is 55.3 cm³/mol. The molecule has 12 heavy (non-hydrogen) atoms. The van der Waals surface area contributed by atoms with Crippen molar-refractivity contribution in [3.8, 4) is 0 Å². The van der Waals surface area contributed by atoms with Gasteiger partial charge >= 0.3 is 0 Å². The predicted octanol–water partition coefficient (Wildman–Crippen LogP) is 1.84. The van der Waals surface area contributed by atoms with E-state index >= 15 is 0 Å². The molecule has 0 amide bonds. The summed E-state index contributed by atoms with van der Waals surface area (Å²) in [6.07, 6.45) is 2.34. The molecule has 0 aliphatic rings. The van der Waals surface area contributed by atoms with E-state index in [9.17, 15) is 0 Å². The summed E-state index contributed by atoms with van der Waals surface area (Å²) in [5, 5.41) is 0. The molecule has 0 spiro atoms. The van der Waals surface area contributed by atoms with Crippen molar-refractivity contribution in [3.05, 3.63) is 0 Å². The summed E-state index contributed by atoms with van der Waals surface area (Å²) in [6.45, 7) is 10.9. The van der Waals surface area contributed by atoms with Gasteiger partial charge in [-0.15, -0.1) is 0 Å². The fourth-order valence-corrected chi connectivity index (χ4v) is 1.84. The molecule has 1 unspecified atom stereocenters. The maximum absolute atomic E-state index is 5.57. The van der Waals surface area contributed by atoms with Crippen molar-refractivity contribution in [3.63, 3.8) is 0 Å². The fourth-order valence-electron chi connectivity index (χ4n) is 1.84. The first-order valence-corrected chi connectivity index (χ1v) is 5.13. The van der Waals surface area contributed by atoms with Crippen LogP contribution in [0.1, 0.15) is 40.5 Å². The number of rotatable bonds is 6. The molecule has 0 fully saturated rings. The number of nitrogens with two attached hydrogens (primary N) is 1. The Balaban J connectivity index is 4.02. The molecule has 0 aromatic carbocycles. The average molecular weight is 172 g/mol. The molecule has 0 aliphatic heterocycles. The van der Waals surface area contributed by atoms with Gasteiger partial charge in [0.05, 0.1) is 0 Å². The summed E-state index contributed by atoms with van der Waals surface area (Å²) in [4.78, 5) is 2.52. The van der Waals surface area contributed by atoms with E-state index in [1.54, 1.807) is 0 Å². The Morgan fingerprint density at radius 3 is 2.08 bits per heavy atom. The van der Waals surface area contributed by atoms with Crippen LogP contribution in [0.15, 0.2) is 0 Å². The Hall–Kier alpha value is -0.0800. The van der Waals surface area contributed by atoms with Crippen LogP contribution in [0.4, 0.5) is 0 Å². The first kappa shape index (κ1) is 11.9. The average Bonchev–Trinajstić information content (AvgIpc) is 2.03. The van der Waals surface area contributed by atoms with Crippen molar-refractivity contribution < 1.29 is 0 Å². The summed E-state index contributed by atoms with van der Waals surface area (Å²) < 4.78 is 0. The molecule has 74 valence electrons. The zero-order valence-corrected chi connectivity index (χ0v) is 9.01. The molecule has 0 rings (SSSR count). The third-order valence-corrected chi connectivity index (χ3v) is 2.47. The van der Waals surface area contributed by atoms with Crippen LogP contribution in [-0.2, 0) is 0 Å². The Labute approximate surface area is 77.1 Å². The van der Waals surface area contributed by atoms with Gasteiger partial charge < -0.3 is 5.73 Å². The first-order chi connectivity index (χ1) is 5.67. The van der Waals surface area contributed by atoms with Gasteiger partial charge in [0, 0.05) is 12.1 Å². The lowest BCUT2D eigenvalue weighted by Crippen LogP contribution is -2.41. The van der Waals surface area contributed by atoms with Gasteiger partial charge in [-0.1, -0.05) is 13.8 Å². The van der Waals surface area contributed by atoms with E-state index in [-0.39, 0.29) is 0 Å². The zero-order valence-electron chi connectivity index (χ0n) is 9.01. The summed E-state index contributed by atoms with van der Waals surface area (Å²) >= 11 is 0. The normalized spacial score (nSPS) is 14.2. The highest BCUT2D eigenvalue weighted by Crippen LogP contribution is 2.11. The van der Waals surface area contributed by atoms with Crippen LogP contribution in [0.3, 0.4) is 0 Å². The molecule has 0 saturated heterocycles. The Kier molecular flexibility index (Phi) is 6.39. The van der Waals surface area contributed by atoms with E-state index in [4.69, 9.17) is 5.73 Å². The Bertz CT molecular complexity index is 102. The smallest absolute Gasteiger partial charge is 0.0107 e. The summed E-state index contributed by atoms with van der Waals surface area (Å²) in [6, 6.07) is 1.33. The first-order valence-electron chi connectivity index (χ1n) is 5.13. The molecule has 0 bridgehead atoms. The molecule has 2 N–H and O–H groups in total. The Morgan fingerprint density at radius 1 is 1.25 bits per heavy atom. The topological polar surface area (TPSA) is 29.3 Å². The van der Waals surface area contributed by atoms with Crippen LogP contribution >= 0.6 is 0 Å². The molecule has 0 saturated carbocycles. The lowest BCUT2D eigenvalue weighted by atomic mass is 10.1. The maximum atomic E-state index is 5.57. The van der Waals surface area contributed by atoms with Crippen LogP contribution in [-0.4, -0.2) is 30.1 Å². The lowest BCUT2D eigenvalue weighted by Gasteiger charge is -2.33. The largest absolute Gasteiger partial charge is 0.330 e. The standard InChI is InChI=1S/C10H24N2/c1-5-10(7-8-11)12(6-2)9(3)4/h9-10H,5-8,11H2,1-4H3. The van der Waals surface area contributed by atoms with Crippen molar-refractivity contribution in [2.75, 3.05) is 13.1 Å². The minimum atomic E-state index is 0.645. The third-order valence-electron chi connectivity index (χ3n) is 2.47. The summed E-state index contributed by atoms with van der Waals surface area (Å²) in [5.74, 6) is 0. The van der Waals surface area contributed by atoms with Gasteiger partial charge in [0.15, 0.2) is 0 Å². The second-order valence-electron chi connectivity index (χ2n) is 3.56. The highest BCUT2D eigenvalue weighted by Gasteiger charge is 2.16. The third kappa shape index (κ3) is 3.55. The van der Waals surface area contributed by atoms with Crippen molar-refractivity contribution in [1.82, 2.24) is 4.90 Å². The van der Waals surface area contributed by atoms with E-state index in [0.717, 1.165) is 19.5 Å². The van der Waals surface area contributed by atoms with Crippen LogP contribution in [0, 0.1) is 0 Å². The molecular formula is C10H24N2. The van der Waals surface area contributed by atoms with E-state index in [1.165, 1.54) is 6.42 Å². The number of hydrogen-bond acceptors (Lipinski definition) is 2. The van der Waals surface area contributed by atoms with Gasteiger partial charge in [-0.3, -0.25) is 4.90 Å². The van der Waals surface area contributed by atoms with E-state index in [1.807, 2.05) is 0 Å². The monoisotopic (exact) mass is 172 g/mol. The van der Waals surface area contributed by atoms with E-state index in [2.05, 4.69) is 32.6 Å². The second kappa shape index (κ2) is 6.44. The van der Waals surface area contributed by atoms with Gasteiger partial charge in [-0.05, 0) is 39.8 Å². The van der Waals surface area contributed by atoms with E-state index in [0.29, 0.717) is 12.1 Å². The summed E-state index contributed by atoms with van der Waals surface area (Å²) in [5.41, 5.74) is 5.57. The molecule has 0 aromatic heterocycles. The van der Waals surface area contributed by atoms with Gasteiger partial charge in [0.2, 0.25) is 0 Å². The van der Waals surface area contributed by atoms with Crippen molar-refractivity contribution in [2.45, 2.75) is 52.6 Å². The van der Waals surface area contributed by atoms with Crippen LogP contribution in [0.5, 0.6) is 0 Å². The molecule has 1 atom stereocenters. The SMILES string of the molecule is CCC(CCN)N(CC)C(C)C. The number of nitrogens with zero attached hydrogens (tertiary/aromatic N) is 1. The molecule has 0 heterocycles. The van der Waals surface area contributed by atoms with Gasteiger partial charge in [0.1, 0.15) is 0 Å². The minimum Gasteiger partial charge on any atom is -0.330 e. The number of hydrogen-bond donors (Lipinski definition) is 1. The lowest BCUT2D eigenvalue weighted by molar-refractivity contribution is 0.151. The van der Waals surface area contributed by atoms with Crippen LogP contribution < -0.4 is 5.73 Å². The minimum absolute atomic E-state index is 0.645. The molecule has 0 aromatic rings. The van der Waals surface area contributed by atoms with Crippen molar-refractivity contribution >= 4 is 0 Å². The second-order valence-corrected chi connectivity index (χ2v) is 3.56. The quantitative estimate of drug-likeness (QED) is 0.662. The molecule has 2 nitrogen and oxygen atoms in total. The van der Waals surface area contributed by atoms with E-state index < -0.39 is 0 Å². The van der Waals surface area contributed by atoms with Gasteiger partial charge in [-0.2, -0.15) is 0 Å². The Morgan fingerprint density at radius 2 is 1.83 bits per heavy atom. The summed E-state index contributed by atoms with van der Waals surface area (Å²) in [7, 11) is 0. The molecule has 0 radical (unpaired) electrons. The zero-order chi connectivity index (χ0) is 9.56. The van der Waals surface area contributed by atoms with Gasteiger partial charge in [0.25, 0.3) is 0 Å². The molecule has 0 aliphatic carbocycles. The maximum Gasteiger partial charge on any atom is 0.0107 e. The highest BCUT2D eigenvalue weighted by molar-refractivity contribution is 4.72. The highest BCUT2D eigenvalue weighted by atomic mass is 15.2.